The summed E-state index contributed by atoms with van der Waals surface area (Å²) < 4.78 is 0. The van der Waals surface area contributed by atoms with Gasteiger partial charge in [-0.2, -0.15) is 0 Å². The predicted molar refractivity (Wildman–Crippen MR) is 41.7 cm³/mol. The molecule has 0 bridgehead atoms. The first-order valence-corrected chi connectivity index (χ1v) is 3.57. The van der Waals surface area contributed by atoms with Crippen molar-refractivity contribution in [1.29, 1.82) is 0 Å². The van der Waals surface area contributed by atoms with Gasteiger partial charge < -0.3 is 11.1 Å². The molecular formula is C7H14N2O2. The highest BCUT2D eigenvalue weighted by Gasteiger charge is 2.04. The summed E-state index contributed by atoms with van der Waals surface area (Å²) in [6, 6.07) is 0.0278. The fourth-order valence-electron chi connectivity index (χ4n) is 0.778. The van der Waals surface area contributed by atoms with Crippen LogP contribution in [0.1, 0.15) is 26.7 Å². The monoisotopic (exact) mass is 158 g/mol. The van der Waals surface area contributed by atoms with Crippen LogP contribution in [-0.2, 0) is 9.59 Å². The number of amides is 2. The Labute approximate surface area is 66.1 Å². The Bertz CT molecular complexity index is 157. The third-order valence-corrected chi connectivity index (χ3v) is 1.27. The summed E-state index contributed by atoms with van der Waals surface area (Å²) in [5.74, 6) is -0.413. The topological polar surface area (TPSA) is 72.2 Å². The number of rotatable bonds is 4. The van der Waals surface area contributed by atoms with Gasteiger partial charge in [0.05, 0.1) is 0 Å². The van der Waals surface area contributed by atoms with Crippen molar-refractivity contribution in [3.63, 3.8) is 0 Å². The van der Waals surface area contributed by atoms with E-state index in [1.165, 1.54) is 6.92 Å². The van der Waals surface area contributed by atoms with E-state index in [1.807, 2.05) is 6.92 Å². The Balaban J connectivity index is 3.44. The smallest absolute Gasteiger partial charge is 0.217 e. The van der Waals surface area contributed by atoms with E-state index in [2.05, 4.69) is 5.32 Å². The van der Waals surface area contributed by atoms with E-state index in [0.29, 0.717) is 12.8 Å². The molecule has 0 unspecified atom stereocenters. The van der Waals surface area contributed by atoms with E-state index in [4.69, 9.17) is 5.73 Å². The second kappa shape index (κ2) is 4.71. The van der Waals surface area contributed by atoms with Crippen molar-refractivity contribution < 1.29 is 9.59 Å². The quantitative estimate of drug-likeness (QED) is 0.593. The minimum absolute atomic E-state index is 0.0278. The average Bonchev–Trinajstić information content (AvgIpc) is 1.82. The van der Waals surface area contributed by atoms with Crippen LogP contribution in [0.4, 0.5) is 0 Å². The predicted octanol–water partition coefficient (Wildman–Crippen LogP) is -0.223. The lowest BCUT2D eigenvalue weighted by Crippen LogP contribution is -2.31. The van der Waals surface area contributed by atoms with Crippen LogP contribution in [0.2, 0.25) is 0 Å². The van der Waals surface area contributed by atoms with Crippen molar-refractivity contribution in [1.82, 2.24) is 5.32 Å². The van der Waals surface area contributed by atoms with Crippen molar-refractivity contribution in [3.05, 3.63) is 0 Å². The first-order chi connectivity index (χ1) is 5.02. The number of hydrogen-bond donors (Lipinski definition) is 2. The molecule has 4 nitrogen and oxygen atoms in total. The fraction of sp³-hybridized carbons (Fsp3) is 0.714. The van der Waals surface area contributed by atoms with Crippen molar-refractivity contribution in [2.75, 3.05) is 0 Å². The highest BCUT2D eigenvalue weighted by Crippen LogP contribution is 1.94. The second-order valence-electron chi connectivity index (χ2n) is 2.61. The van der Waals surface area contributed by atoms with E-state index >= 15 is 0 Å². The summed E-state index contributed by atoms with van der Waals surface area (Å²) in [4.78, 5) is 20.8. The normalized spacial score (nSPS) is 12.2. The molecule has 0 radical (unpaired) electrons. The molecule has 64 valence electrons. The van der Waals surface area contributed by atoms with Crippen LogP contribution in [0.5, 0.6) is 0 Å². The van der Waals surface area contributed by atoms with Crippen LogP contribution in [0, 0.1) is 0 Å². The molecule has 0 aliphatic heterocycles. The van der Waals surface area contributed by atoms with Crippen LogP contribution in [0.25, 0.3) is 0 Å². The largest absolute Gasteiger partial charge is 0.370 e. The summed E-state index contributed by atoms with van der Waals surface area (Å²) in [6.07, 6.45) is 0.927. The van der Waals surface area contributed by atoms with Crippen LogP contribution in [0.3, 0.4) is 0 Å². The molecule has 0 aromatic rings. The zero-order valence-corrected chi connectivity index (χ0v) is 6.89. The molecule has 0 fully saturated rings. The number of carbonyl (C=O) groups is 2. The molecule has 0 aliphatic carbocycles. The van der Waals surface area contributed by atoms with Crippen LogP contribution >= 0.6 is 0 Å². The molecule has 1 atom stereocenters. The van der Waals surface area contributed by atoms with Gasteiger partial charge in [-0.3, -0.25) is 9.59 Å². The molecule has 4 heteroatoms. The van der Waals surface area contributed by atoms with Gasteiger partial charge in [0.25, 0.3) is 0 Å². The Morgan fingerprint density at radius 3 is 2.45 bits per heavy atom. The average molecular weight is 158 g/mol. The molecule has 0 aliphatic rings. The van der Waals surface area contributed by atoms with Crippen LogP contribution in [0.15, 0.2) is 0 Å². The summed E-state index contributed by atoms with van der Waals surface area (Å²) in [5, 5.41) is 2.65. The van der Waals surface area contributed by atoms with Gasteiger partial charge in [0.15, 0.2) is 0 Å². The Morgan fingerprint density at radius 1 is 1.55 bits per heavy atom. The SMILES string of the molecule is CC(=O)N[C@@H](C)CCC(N)=O. The van der Waals surface area contributed by atoms with Crippen molar-refractivity contribution in [2.45, 2.75) is 32.7 Å². The molecule has 0 aromatic heterocycles. The maximum Gasteiger partial charge on any atom is 0.217 e. The number of nitrogens with two attached hydrogens (primary N) is 1. The van der Waals surface area contributed by atoms with Gasteiger partial charge >= 0.3 is 0 Å². The molecule has 3 N–H and O–H groups in total. The minimum atomic E-state index is -0.331. The standard InChI is InChI=1S/C7H14N2O2/c1-5(9-6(2)10)3-4-7(8)11/h5H,3-4H2,1-2H3,(H2,8,11)(H,9,10)/t5-/m0/s1. The molecule has 0 saturated carbocycles. The van der Waals surface area contributed by atoms with Gasteiger partial charge in [-0.1, -0.05) is 0 Å². The summed E-state index contributed by atoms with van der Waals surface area (Å²) in [6.45, 7) is 3.28. The summed E-state index contributed by atoms with van der Waals surface area (Å²) in [5.41, 5.74) is 4.92. The number of hydrogen-bond acceptors (Lipinski definition) is 2. The van der Waals surface area contributed by atoms with Crippen molar-refractivity contribution in [3.8, 4) is 0 Å². The number of primary amides is 1. The maximum atomic E-state index is 10.5. The second-order valence-corrected chi connectivity index (χ2v) is 2.61. The highest BCUT2D eigenvalue weighted by atomic mass is 16.1. The molecule has 0 saturated heterocycles. The molecular weight excluding hydrogens is 144 g/mol. The highest BCUT2D eigenvalue weighted by molar-refractivity contribution is 5.74. The van der Waals surface area contributed by atoms with Crippen molar-refractivity contribution >= 4 is 11.8 Å². The lowest BCUT2D eigenvalue weighted by Gasteiger charge is -2.09. The zero-order chi connectivity index (χ0) is 8.85. The van der Waals surface area contributed by atoms with E-state index in [9.17, 15) is 9.59 Å². The molecule has 0 aromatic carbocycles. The van der Waals surface area contributed by atoms with E-state index in [1.54, 1.807) is 0 Å². The molecule has 0 spiro atoms. The first-order valence-electron chi connectivity index (χ1n) is 3.57. The Hall–Kier alpha value is -1.06. The fourth-order valence-corrected chi connectivity index (χ4v) is 0.778. The van der Waals surface area contributed by atoms with Crippen molar-refractivity contribution in [2.24, 2.45) is 5.73 Å². The Morgan fingerprint density at radius 2 is 2.09 bits per heavy atom. The zero-order valence-electron chi connectivity index (χ0n) is 6.89. The van der Waals surface area contributed by atoms with E-state index in [0.717, 1.165) is 0 Å². The van der Waals surface area contributed by atoms with Crippen LogP contribution < -0.4 is 11.1 Å². The van der Waals surface area contributed by atoms with Gasteiger partial charge in [-0.15, -0.1) is 0 Å². The lowest BCUT2D eigenvalue weighted by atomic mass is 10.2. The van der Waals surface area contributed by atoms with Gasteiger partial charge in [-0.25, -0.2) is 0 Å². The third-order valence-electron chi connectivity index (χ3n) is 1.27. The van der Waals surface area contributed by atoms with Crippen LogP contribution in [-0.4, -0.2) is 17.9 Å². The van der Waals surface area contributed by atoms with Gasteiger partial charge in [-0.05, 0) is 13.3 Å². The molecule has 11 heavy (non-hydrogen) atoms. The number of carbonyl (C=O) groups excluding carboxylic acids is 2. The summed E-state index contributed by atoms with van der Waals surface area (Å²) in [7, 11) is 0. The number of nitrogens with one attached hydrogen (secondary N) is 1. The Kier molecular flexibility index (Phi) is 4.26. The lowest BCUT2D eigenvalue weighted by molar-refractivity contribution is -0.121. The molecule has 2 amide bonds. The van der Waals surface area contributed by atoms with E-state index < -0.39 is 0 Å². The molecule has 0 heterocycles. The van der Waals surface area contributed by atoms with Gasteiger partial charge in [0.1, 0.15) is 0 Å². The van der Waals surface area contributed by atoms with Gasteiger partial charge in [0, 0.05) is 19.4 Å². The third kappa shape index (κ3) is 6.83. The summed E-state index contributed by atoms with van der Waals surface area (Å²) >= 11 is 0. The van der Waals surface area contributed by atoms with Gasteiger partial charge in [0.2, 0.25) is 11.8 Å². The molecule has 0 rings (SSSR count). The van der Waals surface area contributed by atoms with E-state index in [-0.39, 0.29) is 17.9 Å². The maximum absolute atomic E-state index is 10.5. The minimum Gasteiger partial charge on any atom is -0.370 e. The first kappa shape index (κ1) is 9.94.